The number of carbonyl (C=O) groups is 4. The van der Waals surface area contributed by atoms with Crippen molar-refractivity contribution in [1.82, 2.24) is 0 Å². The van der Waals surface area contributed by atoms with Crippen molar-refractivity contribution >= 4 is 41.2 Å². The van der Waals surface area contributed by atoms with Gasteiger partial charge in [0, 0.05) is 12.7 Å². The average molecular weight is 427 g/mol. The Balaban J connectivity index is 0.000000499. The summed E-state index contributed by atoms with van der Waals surface area (Å²) in [6.07, 6.45) is 0. The standard InChI is InChI=1S/C9H9NO4.C8H5ClO4.CH5N/c1-10-7-3-2-5(8(11)12)4-6(7)9(13)14;9-6-2-1-4(7(10)11)3-5(6)8(12)13;1-2/h2-4,10H,1H3,(H,11,12)(H,13,14);1-3H,(H,10,11)(H,12,13);2H2,1H3. The number of benzene rings is 2. The molecular weight excluding hydrogens is 408 g/mol. The van der Waals surface area contributed by atoms with E-state index in [-0.39, 0.29) is 27.3 Å². The number of anilines is 1. The molecule has 0 unspecified atom stereocenters. The highest BCUT2D eigenvalue weighted by Crippen LogP contribution is 2.18. The molecule has 7 N–H and O–H groups in total. The van der Waals surface area contributed by atoms with Crippen LogP contribution in [0.3, 0.4) is 0 Å². The predicted molar refractivity (Wildman–Crippen MR) is 105 cm³/mol. The lowest BCUT2D eigenvalue weighted by Crippen LogP contribution is -2.05. The number of hydrogen-bond donors (Lipinski definition) is 6. The van der Waals surface area contributed by atoms with Gasteiger partial charge in [0.05, 0.1) is 27.3 Å². The van der Waals surface area contributed by atoms with Crippen LogP contribution in [0.15, 0.2) is 36.4 Å². The van der Waals surface area contributed by atoms with Crippen LogP contribution in [-0.2, 0) is 0 Å². The van der Waals surface area contributed by atoms with Gasteiger partial charge in [-0.1, -0.05) is 11.6 Å². The van der Waals surface area contributed by atoms with Crippen LogP contribution in [0.5, 0.6) is 0 Å². The van der Waals surface area contributed by atoms with E-state index >= 15 is 0 Å². The average Bonchev–Trinajstić information content (AvgIpc) is 2.69. The van der Waals surface area contributed by atoms with Gasteiger partial charge in [-0.3, -0.25) is 0 Å². The van der Waals surface area contributed by atoms with E-state index < -0.39 is 23.9 Å². The lowest BCUT2D eigenvalue weighted by atomic mass is 10.1. The summed E-state index contributed by atoms with van der Waals surface area (Å²) in [4.78, 5) is 42.3. The number of carboxylic acid groups (broad SMARTS) is 4. The maximum Gasteiger partial charge on any atom is 0.337 e. The molecule has 0 amide bonds. The quantitative estimate of drug-likeness (QED) is 0.414. The van der Waals surface area contributed by atoms with Gasteiger partial charge in [0.15, 0.2) is 0 Å². The van der Waals surface area contributed by atoms with Crippen LogP contribution < -0.4 is 11.1 Å². The number of carboxylic acids is 4. The van der Waals surface area contributed by atoms with Gasteiger partial charge < -0.3 is 31.5 Å². The molecule has 11 heteroatoms. The van der Waals surface area contributed by atoms with E-state index in [0.717, 1.165) is 12.1 Å². The zero-order valence-electron chi connectivity index (χ0n) is 15.3. The number of rotatable bonds is 5. The number of halogens is 1. The molecule has 10 nitrogen and oxygen atoms in total. The fraction of sp³-hybridized carbons (Fsp3) is 0.111. The largest absolute Gasteiger partial charge is 0.478 e. The summed E-state index contributed by atoms with van der Waals surface area (Å²) in [6.45, 7) is 0. The van der Waals surface area contributed by atoms with E-state index in [9.17, 15) is 19.2 Å². The predicted octanol–water partition coefficient (Wildman–Crippen LogP) is 2.44. The molecule has 2 aromatic carbocycles. The number of aromatic carboxylic acids is 4. The molecular formula is C18H19ClN2O8. The van der Waals surface area contributed by atoms with E-state index in [0.29, 0.717) is 5.69 Å². The second-order valence-corrected chi connectivity index (χ2v) is 5.33. The summed E-state index contributed by atoms with van der Waals surface area (Å²) in [7, 11) is 3.07. The topological polar surface area (TPSA) is 187 Å². The highest BCUT2D eigenvalue weighted by Gasteiger charge is 2.13. The fourth-order valence-electron chi connectivity index (χ4n) is 1.89. The maximum atomic E-state index is 10.7. The highest BCUT2D eigenvalue weighted by atomic mass is 35.5. The Morgan fingerprint density at radius 3 is 1.55 bits per heavy atom. The Morgan fingerprint density at radius 1 is 0.759 bits per heavy atom. The van der Waals surface area contributed by atoms with E-state index in [1.54, 1.807) is 7.05 Å². The third-order valence-corrected chi connectivity index (χ3v) is 3.54. The van der Waals surface area contributed by atoms with E-state index in [1.165, 1.54) is 31.3 Å². The minimum atomic E-state index is -1.24. The van der Waals surface area contributed by atoms with Crippen LogP contribution in [0.2, 0.25) is 5.02 Å². The molecule has 0 heterocycles. The van der Waals surface area contributed by atoms with Crippen molar-refractivity contribution in [3.05, 3.63) is 63.7 Å². The Labute approximate surface area is 170 Å². The number of nitrogens with two attached hydrogens (primary N) is 1. The molecule has 0 aliphatic heterocycles. The van der Waals surface area contributed by atoms with Crippen LogP contribution in [0.25, 0.3) is 0 Å². The summed E-state index contributed by atoms with van der Waals surface area (Å²) >= 11 is 5.52. The Hall–Kier alpha value is -3.63. The molecule has 0 bridgehead atoms. The second kappa shape index (κ2) is 12.0. The Bertz CT molecular complexity index is 915. The molecule has 2 aromatic rings. The van der Waals surface area contributed by atoms with E-state index in [2.05, 4.69) is 11.1 Å². The van der Waals surface area contributed by atoms with Gasteiger partial charge in [-0.05, 0) is 43.4 Å². The van der Waals surface area contributed by atoms with Crippen LogP contribution in [-0.4, -0.2) is 58.4 Å². The molecule has 29 heavy (non-hydrogen) atoms. The van der Waals surface area contributed by atoms with Gasteiger partial charge in [-0.2, -0.15) is 0 Å². The van der Waals surface area contributed by atoms with Gasteiger partial charge in [-0.25, -0.2) is 19.2 Å². The van der Waals surface area contributed by atoms with E-state index in [4.69, 9.17) is 32.0 Å². The molecule has 0 aliphatic rings. The number of hydrogen-bond acceptors (Lipinski definition) is 6. The van der Waals surface area contributed by atoms with Gasteiger partial charge in [0.25, 0.3) is 0 Å². The molecule has 0 spiro atoms. The third-order valence-electron chi connectivity index (χ3n) is 3.21. The molecule has 0 saturated carbocycles. The Morgan fingerprint density at radius 2 is 1.17 bits per heavy atom. The summed E-state index contributed by atoms with van der Waals surface area (Å²) in [5.74, 6) is -4.72. The zero-order chi connectivity index (χ0) is 22.7. The minimum Gasteiger partial charge on any atom is -0.478 e. The zero-order valence-corrected chi connectivity index (χ0v) is 16.1. The van der Waals surface area contributed by atoms with Crippen molar-refractivity contribution in [3.8, 4) is 0 Å². The summed E-state index contributed by atoms with van der Waals surface area (Å²) in [5, 5.41) is 37.2. The first-order chi connectivity index (χ1) is 13.6. The third kappa shape index (κ3) is 7.48. The highest BCUT2D eigenvalue weighted by molar-refractivity contribution is 6.33. The molecule has 156 valence electrons. The SMILES string of the molecule is CN.CNc1ccc(C(=O)O)cc1C(=O)O.O=C(O)c1ccc(Cl)c(C(=O)O)c1. The van der Waals surface area contributed by atoms with E-state index in [1.807, 2.05) is 0 Å². The summed E-state index contributed by atoms with van der Waals surface area (Å²) in [6, 6.07) is 7.41. The van der Waals surface area contributed by atoms with Crippen molar-refractivity contribution in [2.24, 2.45) is 5.73 Å². The van der Waals surface area contributed by atoms with Crippen molar-refractivity contribution in [1.29, 1.82) is 0 Å². The first-order valence-corrected chi connectivity index (χ1v) is 8.08. The van der Waals surface area contributed by atoms with Crippen molar-refractivity contribution in [2.75, 3.05) is 19.4 Å². The molecule has 0 aromatic heterocycles. The van der Waals surface area contributed by atoms with Gasteiger partial charge in [0.2, 0.25) is 0 Å². The van der Waals surface area contributed by atoms with Crippen molar-refractivity contribution < 1.29 is 39.6 Å². The second-order valence-electron chi connectivity index (χ2n) is 4.93. The first-order valence-electron chi connectivity index (χ1n) is 7.70. The van der Waals surface area contributed by atoms with Crippen molar-refractivity contribution in [2.45, 2.75) is 0 Å². The molecule has 0 atom stereocenters. The molecule has 0 fully saturated rings. The fourth-order valence-corrected chi connectivity index (χ4v) is 2.09. The van der Waals surface area contributed by atoms with Gasteiger partial charge >= 0.3 is 23.9 Å². The molecule has 0 aliphatic carbocycles. The minimum absolute atomic E-state index is 0.0255. The maximum absolute atomic E-state index is 10.7. The van der Waals surface area contributed by atoms with Crippen LogP contribution >= 0.6 is 11.6 Å². The normalized spacial score (nSPS) is 9.10. The molecule has 0 saturated heterocycles. The van der Waals surface area contributed by atoms with Crippen LogP contribution in [0.1, 0.15) is 41.4 Å². The van der Waals surface area contributed by atoms with Crippen LogP contribution in [0, 0.1) is 0 Å². The lowest BCUT2D eigenvalue weighted by molar-refractivity contribution is 0.0676. The first kappa shape index (κ1) is 25.4. The number of nitrogens with one attached hydrogen (secondary N) is 1. The summed E-state index contributed by atoms with van der Waals surface area (Å²) in [5.41, 5.74) is 4.50. The molecule has 0 radical (unpaired) electrons. The monoisotopic (exact) mass is 426 g/mol. The van der Waals surface area contributed by atoms with Gasteiger partial charge in [0.1, 0.15) is 0 Å². The lowest BCUT2D eigenvalue weighted by Gasteiger charge is -2.05. The summed E-state index contributed by atoms with van der Waals surface area (Å²) < 4.78 is 0. The molecule has 2 rings (SSSR count). The van der Waals surface area contributed by atoms with Crippen LogP contribution in [0.4, 0.5) is 5.69 Å². The van der Waals surface area contributed by atoms with Crippen molar-refractivity contribution in [3.63, 3.8) is 0 Å². The van der Waals surface area contributed by atoms with Gasteiger partial charge in [-0.15, -0.1) is 0 Å². The smallest absolute Gasteiger partial charge is 0.337 e. The Kier molecular flexibility index (Phi) is 10.5.